The molecule has 0 atom stereocenters. The maximum Gasteiger partial charge on any atom is 0.244 e. The Morgan fingerprint density at radius 1 is 1.35 bits per heavy atom. The van der Waals surface area contributed by atoms with E-state index in [4.69, 9.17) is 11.6 Å². The first kappa shape index (κ1) is 16.0. The zero-order chi connectivity index (χ0) is 16.1. The summed E-state index contributed by atoms with van der Waals surface area (Å²) in [5.41, 5.74) is 0.850. The third-order valence-corrected chi connectivity index (χ3v) is 5.03. The molecule has 1 fully saturated rings. The molecule has 0 unspecified atom stereocenters. The van der Waals surface area contributed by atoms with Gasteiger partial charge in [-0.05, 0) is 30.5 Å². The number of piperidine rings is 1. The number of nitrogens with one attached hydrogen (secondary N) is 1. The molecule has 0 saturated carbocycles. The molecule has 0 aliphatic carbocycles. The zero-order valence-electron chi connectivity index (χ0n) is 12.6. The highest BCUT2D eigenvalue weighted by molar-refractivity contribution is 7.13. The lowest BCUT2D eigenvalue weighted by molar-refractivity contribution is -0.117. The lowest BCUT2D eigenvalue weighted by Gasteiger charge is -2.31. The highest BCUT2D eigenvalue weighted by atomic mass is 35.5. The molecule has 1 N–H and O–H groups in total. The van der Waals surface area contributed by atoms with Crippen LogP contribution >= 0.6 is 22.9 Å². The second-order valence-corrected chi connectivity index (χ2v) is 6.72. The van der Waals surface area contributed by atoms with E-state index in [1.165, 1.54) is 0 Å². The SMILES string of the molecule is O=C(/C=C/c1ccccc1Cl)NC1CCN(c2nccs2)CC1. The molecule has 1 aromatic heterocycles. The molecular weight excluding hydrogens is 330 g/mol. The van der Waals surface area contributed by atoms with Gasteiger partial charge in [0.1, 0.15) is 0 Å². The van der Waals surface area contributed by atoms with Gasteiger partial charge in [-0.1, -0.05) is 29.8 Å². The normalized spacial score (nSPS) is 16.0. The Kier molecular flexibility index (Phi) is 5.31. The van der Waals surface area contributed by atoms with Crippen LogP contribution in [0.5, 0.6) is 0 Å². The van der Waals surface area contributed by atoms with Gasteiger partial charge in [0.15, 0.2) is 5.13 Å². The molecule has 1 aliphatic heterocycles. The smallest absolute Gasteiger partial charge is 0.244 e. The quantitative estimate of drug-likeness (QED) is 0.859. The number of aromatic nitrogens is 1. The molecule has 1 amide bonds. The number of hydrogen-bond donors (Lipinski definition) is 1. The first-order chi connectivity index (χ1) is 11.2. The van der Waals surface area contributed by atoms with E-state index in [1.54, 1.807) is 23.5 Å². The minimum absolute atomic E-state index is 0.0716. The number of thiazole rings is 1. The van der Waals surface area contributed by atoms with E-state index in [9.17, 15) is 4.79 Å². The predicted octanol–water partition coefficient (Wildman–Crippen LogP) is 3.59. The summed E-state index contributed by atoms with van der Waals surface area (Å²) in [6.45, 7) is 1.85. The van der Waals surface area contributed by atoms with Crippen molar-refractivity contribution in [3.05, 3.63) is 52.5 Å². The Morgan fingerprint density at radius 3 is 2.83 bits per heavy atom. The van der Waals surface area contributed by atoms with E-state index >= 15 is 0 Å². The van der Waals surface area contributed by atoms with Crippen molar-refractivity contribution in [3.8, 4) is 0 Å². The molecule has 0 radical (unpaired) electrons. The molecule has 6 heteroatoms. The standard InChI is InChI=1S/C17H18ClN3OS/c18-15-4-2-1-3-13(15)5-6-16(22)20-14-7-10-21(11-8-14)17-19-9-12-23-17/h1-6,9,12,14H,7-8,10-11H2,(H,20,22)/b6-5+. The Hall–Kier alpha value is -1.85. The lowest BCUT2D eigenvalue weighted by atomic mass is 10.1. The van der Waals surface area contributed by atoms with Crippen LogP contribution in [-0.4, -0.2) is 30.0 Å². The summed E-state index contributed by atoms with van der Waals surface area (Å²) in [6.07, 6.45) is 7.00. The average molecular weight is 348 g/mol. The van der Waals surface area contributed by atoms with Crippen LogP contribution in [0.1, 0.15) is 18.4 Å². The van der Waals surface area contributed by atoms with Crippen molar-refractivity contribution in [2.75, 3.05) is 18.0 Å². The van der Waals surface area contributed by atoms with Gasteiger partial charge in [0.25, 0.3) is 0 Å². The fraction of sp³-hybridized carbons (Fsp3) is 0.294. The number of halogens is 1. The van der Waals surface area contributed by atoms with Gasteiger partial charge < -0.3 is 10.2 Å². The van der Waals surface area contributed by atoms with Gasteiger partial charge in [-0.15, -0.1) is 11.3 Å². The van der Waals surface area contributed by atoms with Crippen molar-refractivity contribution in [1.82, 2.24) is 10.3 Å². The van der Waals surface area contributed by atoms with Crippen molar-refractivity contribution >= 4 is 40.1 Å². The molecule has 0 bridgehead atoms. The Morgan fingerprint density at radius 2 is 2.13 bits per heavy atom. The van der Waals surface area contributed by atoms with Gasteiger partial charge in [0.2, 0.25) is 5.91 Å². The van der Waals surface area contributed by atoms with E-state index in [2.05, 4.69) is 15.2 Å². The van der Waals surface area contributed by atoms with Crippen molar-refractivity contribution in [3.63, 3.8) is 0 Å². The summed E-state index contributed by atoms with van der Waals surface area (Å²) in [6, 6.07) is 7.69. The Labute approximate surface area is 144 Å². The third-order valence-electron chi connectivity index (χ3n) is 3.85. The summed E-state index contributed by atoms with van der Waals surface area (Å²) < 4.78 is 0. The third kappa shape index (κ3) is 4.33. The van der Waals surface area contributed by atoms with Gasteiger partial charge >= 0.3 is 0 Å². The van der Waals surface area contributed by atoms with Crippen molar-refractivity contribution < 1.29 is 4.79 Å². The molecule has 2 heterocycles. The number of amides is 1. The number of anilines is 1. The summed E-state index contributed by atoms with van der Waals surface area (Å²) in [5, 5.41) is 6.76. The maximum absolute atomic E-state index is 12.0. The number of benzene rings is 1. The number of rotatable bonds is 4. The van der Waals surface area contributed by atoms with Crippen LogP contribution in [0.25, 0.3) is 6.08 Å². The van der Waals surface area contributed by atoms with Crippen LogP contribution in [0, 0.1) is 0 Å². The lowest BCUT2D eigenvalue weighted by Crippen LogP contribution is -2.44. The molecule has 120 valence electrons. The van der Waals surface area contributed by atoms with Crippen LogP contribution in [-0.2, 0) is 4.79 Å². The van der Waals surface area contributed by atoms with Gasteiger partial charge in [0.05, 0.1) is 0 Å². The van der Waals surface area contributed by atoms with E-state index in [1.807, 2.05) is 35.8 Å². The number of nitrogens with zero attached hydrogens (tertiary/aromatic N) is 2. The molecule has 2 aromatic rings. The van der Waals surface area contributed by atoms with E-state index in [0.717, 1.165) is 36.6 Å². The summed E-state index contributed by atoms with van der Waals surface area (Å²) >= 11 is 7.73. The van der Waals surface area contributed by atoms with Crippen LogP contribution in [0.2, 0.25) is 5.02 Å². The maximum atomic E-state index is 12.0. The zero-order valence-corrected chi connectivity index (χ0v) is 14.2. The molecule has 1 saturated heterocycles. The Bertz CT molecular complexity index is 679. The van der Waals surface area contributed by atoms with Crippen molar-refractivity contribution in [2.24, 2.45) is 0 Å². The molecule has 4 nitrogen and oxygen atoms in total. The van der Waals surface area contributed by atoms with Crippen molar-refractivity contribution in [1.29, 1.82) is 0 Å². The highest BCUT2D eigenvalue weighted by Gasteiger charge is 2.21. The van der Waals surface area contributed by atoms with Crippen LogP contribution in [0.3, 0.4) is 0 Å². The van der Waals surface area contributed by atoms with Gasteiger partial charge in [-0.3, -0.25) is 4.79 Å². The van der Waals surface area contributed by atoms with Gasteiger partial charge in [0, 0.05) is 41.8 Å². The molecule has 3 rings (SSSR count). The van der Waals surface area contributed by atoms with Crippen LogP contribution in [0.15, 0.2) is 41.9 Å². The fourth-order valence-corrected chi connectivity index (χ4v) is 3.51. The van der Waals surface area contributed by atoms with E-state index in [0.29, 0.717) is 5.02 Å². The van der Waals surface area contributed by atoms with Crippen LogP contribution < -0.4 is 10.2 Å². The van der Waals surface area contributed by atoms with Crippen molar-refractivity contribution in [2.45, 2.75) is 18.9 Å². The monoisotopic (exact) mass is 347 g/mol. The first-order valence-electron chi connectivity index (χ1n) is 7.60. The average Bonchev–Trinajstić information content (AvgIpc) is 3.09. The summed E-state index contributed by atoms with van der Waals surface area (Å²) in [4.78, 5) is 18.6. The molecule has 1 aliphatic rings. The summed E-state index contributed by atoms with van der Waals surface area (Å²) in [5.74, 6) is -0.0716. The number of hydrogen-bond acceptors (Lipinski definition) is 4. The van der Waals surface area contributed by atoms with Gasteiger partial charge in [-0.25, -0.2) is 4.98 Å². The summed E-state index contributed by atoms with van der Waals surface area (Å²) in [7, 11) is 0. The highest BCUT2D eigenvalue weighted by Crippen LogP contribution is 2.22. The first-order valence-corrected chi connectivity index (χ1v) is 8.85. The second kappa shape index (κ2) is 7.62. The van der Waals surface area contributed by atoms with Gasteiger partial charge in [-0.2, -0.15) is 0 Å². The van der Waals surface area contributed by atoms with E-state index in [-0.39, 0.29) is 11.9 Å². The largest absolute Gasteiger partial charge is 0.350 e. The number of carbonyl (C=O) groups is 1. The molecular formula is C17H18ClN3OS. The minimum atomic E-state index is -0.0716. The second-order valence-electron chi connectivity index (χ2n) is 5.44. The van der Waals surface area contributed by atoms with Crippen LogP contribution in [0.4, 0.5) is 5.13 Å². The number of carbonyl (C=O) groups excluding carboxylic acids is 1. The molecule has 1 aromatic carbocycles. The molecule has 0 spiro atoms. The van der Waals surface area contributed by atoms with E-state index < -0.39 is 0 Å². The Balaban J connectivity index is 1.49. The molecule has 23 heavy (non-hydrogen) atoms. The predicted molar refractivity (Wildman–Crippen MR) is 96.0 cm³/mol. The minimum Gasteiger partial charge on any atom is -0.350 e. The topological polar surface area (TPSA) is 45.2 Å². The fourth-order valence-electron chi connectivity index (χ4n) is 2.61.